The Bertz CT molecular complexity index is 411. The number of carbonyl (C=O) groups is 1. The second kappa shape index (κ2) is 3.66. The lowest BCUT2D eigenvalue weighted by atomic mass is 10.3. The van der Waals surface area contributed by atoms with E-state index in [-0.39, 0.29) is 11.4 Å². The normalized spacial score (nSPS) is 11.2. The van der Waals surface area contributed by atoms with Gasteiger partial charge in [-0.05, 0) is 12.1 Å². The Hall–Kier alpha value is -1.23. The zero-order valence-electron chi connectivity index (χ0n) is 7.10. The molecule has 0 aliphatic heterocycles. The summed E-state index contributed by atoms with van der Waals surface area (Å²) >= 11 is 0. The first-order chi connectivity index (χ1) is 6.01. The molecule has 70 valence electrons. The Morgan fingerprint density at radius 1 is 1.46 bits per heavy atom. The summed E-state index contributed by atoms with van der Waals surface area (Å²) in [5, 5.41) is 0. The van der Waals surface area contributed by atoms with Gasteiger partial charge in [0.05, 0.1) is 11.4 Å². The summed E-state index contributed by atoms with van der Waals surface area (Å²) < 4.78 is 21.7. The number of pyridine rings is 1. The average Bonchev–Trinajstić information content (AvgIpc) is 2.01. The van der Waals surface area contributed by atoms with Gasteiger partial charge in [0.1, 0.15) is 5.69 Å². The van der Waals surface area contributed by atoms with E-state index in [1.807, 2.05) is 0 Å². The van der Waals surface area contributed by atoms with Crippen LogP contribution in [-0.4, -0.2) is 25.9 Å². The van der Waals surface area contributed by atoms with Gasteiger partial charge in [-0.25, -0.2) is 13.4 Å². The quantitative estimate of drug-likeness (QED) is 0.662. The number of hydrogen-bond acceptors (Lipinski definition) is 4. The molecule has 1 aromatic rings. The largest absolute Gasteiger partial charge is 0.296 e. The van der Waals surface area contributed by atoms with Crippen LogP contribution in [-0.2, 0) is 15.6 Å². The molecule has 1 aromatic heterocycles. The molecule has 0 aliphatic rings. The van der Waals surface area contributed by atoms with Crippen LogP contribution < -0.4 is 0 Å². The summed E-state index contributed by atoms with van der Waals surface area (Å²) in [4.78, 5) is 14.1. The summed E-state index contributed by atoms with van der Waals surface area (Å²) in [6.07, 6.45) is 1.72. The lowest BCUT2D eigenvalue weighted by Gasteiger charge is -1.98. The molecule has 0 radical (unpaired) electrons. The van der Waals surface area contributed by atoms with E-state index < -0.39 is 9.84 Å². The van der Waals surface area contributed by atoms with Gasteiger partial charge in [-0.2, -0.15) is 0 Å². The Kier molecular flexibility index (Phi) is 2.77. The minimum absolute atomic E-state index is 0.130. The highest BCUT2D eigenvalue weighted by Gasteiger charge is 2.05. The number of nitrogens with zero attached hydrogens (tertiary/aromatic N) is 1. The maximum absolute atomic E-state index is 10.9. The van der Waals surface area contributed by atoms with Gasteiger partial charge in [-0.15, -0.1) is 0 Å². The summed E-state index contributed by atoms with van der Waals surface area (Å²) in [5.41, 5.74) is 0.647. The second-order valence-corrected chi connectivity index (χ2v) is 4.88. The Labute approximate surface area is 76.5 Å². The second-order valence-electron chi connectivity index (χ2n) is 2.74. The van der Waals surface area contributed by atoms with E-state index in [0.717, 1.165) is 6.26 Å². The van der Waals surface area contributed by atoms with Crippen LogP contribution in [0.5, 0.6) is 0 Å². The van der Waals surface area contributed by atoms with Crippen LogP contribution in [0.15, 0.2) is 18.2 Å². The van der Waals surface area contributed by atoms with Crippen molar-refractivity contribution in [2.45, 2.75) is 5.75 Å². The van der Waals surface area contributed by atoms with Gasteiger partial charge in [-0.3, -0.25) is 4.79 Å². The molecule has 0 saturated heterocycles. The third-order valence-electron chi connectivity index (χ3n) is 1.36. The molecule has 0 N–H and O–H groups in total. The summed E-state index contributed by atoms with van der Waals surface area (Å²) in [7, 11) is -3.08. The van der Waals surface area contributed by atoms with E-state index in [9.17, 15) is 13.2 Å². The number of hydrogen-bond donors (Lipinski definition) is 0. The van der Waals surface area contributed by atoms with Crippen molar-refractivity contribution in [3.8, 4) is 0 Å². The van der Waals surface area contributed by atoms with Crippen molar-refractivity contribution in [1.29, 1.82) is 0 Å². The minimum atomic E-state index is -3.08. The van der Waals surface area contributed by atoms with E-state index in [2.05, 4.69) is 4.98 Å². The molecular weight excluding hydrogens is 190 g/mol. The number of aldehydes is 1. The van der Waals surface area contributed by atoms with Crippen LogP contribution in [0.1, 0.15) is 16.2 Å². The Balaban J connectivity index is 2.96. The molecule has 4 nitrogen and oxygen atoms in total. The van der Waals surface area contributed by atoms with Gasteiger partial charge >= 0.3 is 0 Å². The summed E-state index contributed by atoms with van der Waals surface area (Å²) in [5.74, 6) is -0.130. The molecule has 0 amide bonds. The molecule has 0 bridgehead atoms. The molecule has 0 atom stereocenters. The topological polar surface area (TPSA) is 64.1 Å². The van der Waals surface area contributed by atoms with Crippen molar-refractivity contribution in [1.82, 2.24) is 4.98 Å². The summed E-state index contributed by atoms with van der Waals surface area (Å²) in [6, 6.07) is 4.71. The molecule has 1 rings (SSSR count). The molecule has 0 saturated carbocycles. The van der Waals surface area contributed by atoms with E-state index >= 15 is 0 Å². The summed E-state index contributed by atoms with van der Waals surface area (Å²) in [6.45, 7) is 0. The maximum atomic E-state index is 10.9. The highest BCUT2D eigenvalue weighted by atomic mass is 32.2. The maximum Gasteiger partial charge on any atom is 0.168 e. The van der Waals surface area contributed by atoms with Gasteiger partial charge in [-0.1, -0.05) is 6.07 Å². The highest BCUT2D eigenvalue weighted by molar-refractivity contribution is 7.89. The molecule has 1 heterocycles. The van der Waals surface area contributed by atoms with Gasteiger partial charge in [0.25, 0.3) is 0 Å². The monoisotopic (exact) mass is 199 g/mol. The van der Waals surface area contributed by atoms with Crippen molar-refractivity contribution in [3.63, 3.8) is 0 Å². The highest BCUT2D eigenvalue weighted by Crippen LogP contribution is 2.02. The molecule has 13 heavy (non-hydrogen) atoms. The number of aromatic nitrogens is 1. The van der Waals surface area contributed by atoms with Crippen molar-refractivity contribution in [2.75, 3.05) is 6.26 Å². The zero-order valence-corrected chi connectivity index (χ0v) is 7.91. The molecule has 5 heteroatoms. The number of rotatable bonds is 3. The lowest BCUT2D eigenvalue weighted by Crippen LogP contribution is -2.03. The number of carbonyl (C=O) groups excluding carboxylic acids is 1. The fourth-order valence-electron chi connectivity index (χ4n) is 0.913. The predicted octanol–water partition coefficient (Wildman–Crippen LogP) is 0.439. The van der Waals surface area contributed by atoms with E-state index in [4.69, 9.17) is 0 Å². The van der Waals surface area contributed by atoms with Gasteiger partial charge in [0.2, 0.25) is 0 Å². The molecule has 0 fully saturated rings. The van der Waals surface area contributed by atoms with Crippen molar-refractivity contribution >= 4 is 16.1 Å². The minimum Gasteiger partial charge on any atom is -0.296 e. The fourth-order valence-corrected chi connectivity index (χ4v) is 1.61. The molecule has 0 unspecified atom stereocenters. The SMILES string of the molecule is CS(=O)(=O)Cc1cccc(C=O)n1. The third-order valence-corrected chi connectivity index (χ3v) is 2.18. The van der Waals surface area contributed by atoms with Gasteiger partial charge in [0.15, 0.2) is 16.1 Å². The standard InChI is InChI=1S/C8H9NO3S/c1-13(11,12)6-8-4-2-3-7(5-10)9-8/h2-5H,6H2,1H3. The van der Waals surface area contributed by atoms with E-state index in [1.54, 1.807) is 12.1 Å². The van der Waals surface area contributed by atoms with Crippen molar-refractivity contribution in [3.05, 3.63) is 29.6 Å². The smallest absolute Gasteiger partial charge is 0.168 e. The van der Waals surface area contributed by atoms with E-state index in [1.165, 1.54) is 6.07 Å². The lowest BCUT2D eigenvalue weighted by molar-refractivity contribution is 0.111. The first kappa shape index (κ1) is 9.85. The van der Waals surface area contributed by atoms with Crippen LogP contribution >= 0.6 is 0 Å². The van der Waals surface area contributed by atoms with Crippen LogP contribution in [0, 0.1) is 0 Å². The van der Waals surface area contributed by atoms with Crippen molar-refractivity contribution < 1.29 is 13.2 Å². The van der Waals surface area contributed by atoms with Crippen LogP contribution in [0.4, 0.5) is 0 Å². The van der Waals surface area contributed by atoms with Gasteiger partial charge < -0.3 is 0 Å². The Morgan fingerprint density at radius 3 is 2.69 bits per heavy atom. The fraction of sp³-hybridized carbons (Fsp3) is 0.250. The van der Waals surface area contributed by atoms with E-state index in [0.29, 0.717) is 12.0 Å². The predicted molar refractivity (Wildman–Crippen MR) is 48.2 cm³/mol. The van der Waals surface area contributed by atoms with Crippen LogP contribution in [0.3, 0.4) is 0 Å². The van der Waals surface area contributed by atoms with Crippen LogP contribution in [0.25, 0.3) is 0 Å². The third kappa shape index (κ3) is 3.33. The van der Waals surface area contributed by atoms with Gasteiger partial charge in [0, 0.05) is 6.26 Å². The average molecular weight is 199 g/mol. The first-order valence-electron chi connectivity index (χ1n) is 3.60. The molecular formula is C8H9NO3S. The zero-order chi connectivity index (χ0) is 9.90. The van der Waals surface area contributed by atoms with Crippen molar-refractivity contribution in [2.24, 2.45) is 0 Å². The van der Waals surface area contributed by atoms with Crippen LogP contribution in [0.2, 0.25) is 0 Å². The first-order valence-corrected chi connectivity index (χ1v) is 5.66. The molecule has 0 spiro atoms. The molecule has 0 aromatic carbocycles. The number of sulfone groups is 1. The Morgan fingerprint density at radius 2 is 2.15 bits per heavy atom. The molecule has 0 aliphatic carbocycles.